The van der Waals surface area contributed by atoms with Crippen molar-refractivity contribution in [2.75, 3.05) is 26.4 Å². The Balaban J connectivity index is 1.43. The second kappa shape index (κ2) is 51.6. The van der Waals surface area contributed by atoms with E-state index >= 15 is 0 Å². The van der Waals surface area contributed by atoms with E-state index in [0.717, 1.165) is 109 Å². The molecule has 1 amide bonds. The van der Waals surface area contributed by atoms with Gasteiger partial charge in [0.1, 0.15) is 73.2 Å². The van der Waals surface area contributed by atoms with Crippen LogP contribution in [-0.2, 0) is 33.2 Å². The lowest BCUT2D eigenvalue weighted by Gasteiger charge is -2.48. The Labute approximate surface area is 538 Å². The second-order valence-corrected chi connectivity index (χ2v) is 23.5. The normalized spacial score (nSPS) is 28.8. The Morgan fingerprint density at radius 1 is 0.411 bits per heavy atom. The van der Waals surface area contributed by atoms with Crippen molar-refractivity contribution in [3.8, 4) is 0 Å². The Morgan fingerprint density at radius 3 is 1.24 bits per heavy atom. The molecule has 0 aromatic rings. The van der Waals surface area contributed by atoms with Gasteiger partial charge in [0.25, 0.3) is 0 Å². The third-order valence-corrected chi connectivity index (χ3v) is 16.0. The molecule has 3 aliphatic heterocycles. The van der Waals surface area contributed by atoms with Gasteiger partial charge in [0.2, 0.25) is 5.91 Å². The summed E-state index contributed by atoms with van der Waals surface area (Å²) >= 11 is 0. The lowest BCUT2D eigenvalue weighted by Crippen LogP contribution is -2.66. The van der Waals surface area contributed by atoms with E-state index in [2.05, 4.69) is 129 Å². The molecule has 0 radical (unpaired) electrons. The van der Waals surface area contributed by atoms with Crippen molar-refractivity contribution in [3.63, 3.8) is 0 Å². The van der Waals surface area contributed by atoms with Crippen molar-refractivity contribution in [1.82, 2.24) is 5.32 Å². The zero-order valence-corrected chi connectivity index (χ0v) is 54.1. The van der Waals surface area contributed by atoms with Crippen molar-refractivity contribution in [3.05, 3.63) is 122 Å². The molecule has 514 valence electrons. The first-order valence-electron chi connectivity index (χ1n) is 33.8. The van der Waals surface area contributed by atoms with Gasteiger partial charge in [0.05, 0.1) is 38.6 Å². The summed E-state index contributed by atoms with van der Waals surface area (Å²) in [5, 5.41) is 120. The molecular formula is C71H117NO18. The molecule has 0 bridgehead atoms. The molecule has 0 aliphatic carbocycles. The smallest absolute Gasteiger partial charge is 0.220 e. The summed E-state index contributed by atoms with van der Waals surface area (Å²) < 4.78 is 34.3. The zero-order valence-electron chi connectivity index (χ0n) is 54.1. The summed E-state index contributed by atoms with van der Waals surface area (Å²) in [7, 11) is 0. The zero-order chi connectivity index (χ0) is 65.4. The number of aliphatic hydroxyl groups excluding tert-OH is 11. The van der Waals surface area contributed by atoms with Crippen LogP contribution < -0.4 is 5.32 Å². The number of hydrogen-bond acceptors (Lipinski definition) is 18. The molecule has 12 N–H and O–H groups in total. The molecule has 19 nitrogen and oxygen atoms in total. The standard InChI is InChI=1S/C71H117NO18/c1-3-5-7-9-11-13-15-17-19-20-21-22-23-24-25-26-27-28-29-30-31-32-33-34-35-37-39-41-43-45-47-49-59(77)72-54(55(76)48-46-44-42-40-38-36-18-16-14-12-10-8-6-4-2)53-85-69-65(83)62(80)67(57(51-74)87-69)90-71-66(84)63(81)68(58(52-75)88-71)89-70-64(82)61(79)60(78)56(50-73)86-70/h5,7,11,13,17,19,21-22,24-25,27-28,30-31,33-34,38,40,46,48,54-58,60-71,73-76,78-84H,3-4,6,8-10,12,14-16,18,20,23,26,29,32,35-37,39,41-45,47,49-53H2,1-2H3,(H,72,77)/b7-5-,13-11-,19-17-,22-21-,25-24-,28-27-,31-30-,34-33-,40-38+,48-46+. The topological polar surface area (TPSA) is 307 Å². The van der Waals surface area contributed by atoms with Crippen molar-refractivity contribution < 1.29 is 89.4 Å². The van der Waals surface area contributed by atoms with Crippen molar-refractivity contribution in [1.29, 1.82) is 0 Å². The van der Waals surface area contributed by atoms with Gasteiger partial charge in [-0.3, -0.25) is 4.79 Å². The molecular weight excluding hydrogens is 1150 g/mol. The fourth-order valence-corrected chi connectivity index (χ4v) is 10.5. The van der Waals surface area contributed by atoms with Crippen LogP contribution in [0.25, 0.3) is 0 Å². The fourth-order valence-electron chi connectivity index (χ4n) is 10.5. The first-order valence-corrected chi connectivity index (χ1v) is 33.8. The molecule has 17 unspecified atom stereocenters. The maximum atomic E-state index is 13.4. The van der Waals surface area contributed by atoms with Gasteiger partial charge >= 0.3 is 0 Å². The van der Waals surface area contributed by atoms with Crippen LogP contribution in [0.3, 0.4) is 0 Å². The molecule has 3 fully saturated rings. The Bertz CT molecular complexity index is 2100. The van der Waals surface area contributed by atoms with Gasteiger partial charge in [-0.15, -0.1) is 0 Å². The summed E-state index contributed by atoms with van der Waals surface area (Å²) in [5.74, 6) is -0.307. The molecule has 17 atom stereocenters. The van der Waals surface area contributed by atoms with E-state index in [0.29, 0.717) is 12.8 Å². The van der Waals surface area contributed by atoms with Crippen LogP contribution in [0.1, 0.15) is 187 Å². The lowest BCUT2D eigenvalue weighted by atomic mass is 9.96. The van der Waals surface area contributed by atoms with E-state index in [1.165, 1.54) is 44.9 Å². The van der Waals surface area contributed by atoms with Crippen LogP contribution in [0.5, 0.6) is 0 Å². The molecule has 0 saturated carbocycles. The summed E-state index contributed by atoms with van der Waals surface area (Å²) in [6, 6.07) is -1.01. The minimum Gasteiger partial charge on any atom is -0.394 e. The maximum Gasteiger partial charge on any atom is 0.220 e. The molecule has 0 aromatic heterocycles. The minimum atomic E-state index is -1.99. The van der Waals surface area contributed by atoms with Gasteiger partial charge in [-0.05, 0) is 96.3 Å². The number of amides is 1. The van der Waals surface area contributed by atoms with Crippen LogP contribution in [0.15, 0.2) is 122 Å². The molecule has 19 heteroatoms. The van der Waals surface area contributed by atoms with Crippen molar-refractivity contribution in [2.45, 2.75) is 291 Å². The van der Waals surface area contributed by atoms with E-state index in [4.69, 9.17) is 28.4 Å². The molecule has 3 saturated heterocycles. The third kappa shape index (κ3) is 33.3. The van der Waals surface area contributed by atoms with E-state index < -0.39 is 124 Å². The second-order valence-electron chi connectivity index (χ2n) is 23.5. The number of rotatable bonds is 49. The highest BCUT2D eigenvalue weighted by atomic mass is 16.8. The molecule has 90 heavy (non-hydrogen) atoms. The van der Waals surface area contributed by atoms with Crippen LogP contribution in [0.2, 0.25) is 0 Å². The van der Waals surface area contributed by atoms with Gasteiger partial charge in [0.15, 0.2) is 18.9 Å². The SMILES string of the molecule is CC/C=C\C/C=C\C/C=C\C/C=C\C/C=C\C/C=C\C/C=C\C/C=C\CCCCCCCCC(=O)NC(COC1OC(CO)C(OC2OC(CO)C(OC3OC(CO)C(O)C(O)C3O)C(O)C2O)C(O)C1O)C(O)/C=C/CC/C=C/CCCCCCCCCC. The van der Waals surface area contributed by atoms with Gasteiger partial charge < -0.3 is 89.9 Å². The fraction of sp³-hybridized carbons (Fsp3) is 0.704. The first-order chi connectivity index (χ1) is 43.8. The summed E-state index contributed by atoms with van der Waals surface area (Å²) in [5.41, 5.74) is 0. The highest BCUT2D eigenvalue weighted by Crippen LogP contribution is 2.33. The number of carbonyl (C=O) groups is 1. The van der Waals surface area contributed by atoms with Gasteiger partial charge in [-0.2, -0.15) is 0 Å². The Hall–Kier alpha value is -3.81. The third-order valence-electron chi connectivity index (χ3n) is 16.0. The number of nitrogens with one attached hydrogen (secondary N) is 1. The average molecular weight is 1270 g/mol. The monoisotopic (exact) mass is 1270 g/mol. The van der Waals surface area contributed by atoms with Crippen LogP contribution in [0.4, 0.5) is 0 Å². The Kier molecular flexibility index (Phi) is 46.1. The predicted molar refractivity (Wildman–Crippen MR) is 350 cm³/mol. The molecule has 3 aliphatic rings. The van der Waals surface area contributed by atoms with E-state index in [-0.39, 0.29) is 18.9 Å². The highest BCUT2D eigenvalue weighted by molar-refractivity contribution is 5.76. The number of allylic oxidation sites excluding steroid dienone is 19. The molecule has 0 spiro atoms. The molecule has 3 rings (SSSR count). The van der Waals surface area contributed by atoms with E-state index in [9.17, 15) is 61.0 Å². The van der Waals surface area contributed by atoms with E-state index in [1.54, 1.807) is 6.08 Å². The number of hydrogen-bond donors (Lipinski definition) is 12. The minimum absolute atomic E-state index is 0.210. The summed E-state index contributed by atoms with van der Waals surface area (Å²) in [6.45, 7) is 1.55. The van der Waals surface area contributed by atoms with E-state index in [1.807, 2.05) is 6.08 Å². The quantitative estimate of drug-likeness (QED) is 0.0201. The highest BCUT2D eigenvalue weighted by Gasteiger charge is 2.53. The van der Waals surface area contributed by atoms with Crippen LogP contribution in [0, 0.1) is 0 Å². The average Bonchev–Trinajstić information content (AvgIpc) is 0.908. The van der Waals surface area contributed by atoms with Gasteiger partial charge in [-0.1, -0.05) is 206 Å². The predicted octanol–water partition coefficient (Wildman–Crippen LogP) is 8.43. The van der Waals surface area contributed by atoms with Crippen molar-refractivity contribution >= 4 is 5.91 Å². The van der Waals surface area contributed by atoms with Gasteiger partial charge in [-0.25, -0.2) is 0 Å². The van der Waals surface area contributed by atoms with Crippen molar-refractivity contribution in [2.24, 2.45) is 0 Å². The summed E-state index contributed by atoms with van der Waals surface area (Å²) in [4.78, 5) is 13.4. The number of aliphatic hydroxyl groups is 11. The number of carbonyl (C=O) groups excluding carboxylic acids is 1. The largest absolute Gasteiger partial charge is 0.394 e. The first kappa shape index (κ1) is 80.4. The lowest BCUT2D eigenvalue weighted by molar-refractivity contribution is -0.379. The number of unbranched alkanes of at least 4 members (excludes halogenated alkanes) is 15. The Morgan fingerprint density at radius 2 is 0.778 bits per heavy atom. The molecule has 0 aromatic carbocycles. The maximum absolute atomic E-state index is 13.4. The number of ether oxygens (including phenoxy) is 6. The van der Waals surface area contributed by atoms with Crippen LogP contribution in [-0.4, -0.2) is 193 Å². The van der Waals surface area contributed by atoms with Gasteiger partial charge in [0, 0.05) is 6.42 Å². The summed E-state index contributed by atoms with van der Waals surface area (Å²) in [6.07, 6.45) is 43.2. The molecule has 3 heterocycles. The van der Waals surface area contributed by atoms with Crippen LogP contribution >= 0.6 is 0 Å².